The lowest BCUT2D eigenvalue weighted by molar-refractivity contribution is -0.123. The van der Waals surface area contributed by atoms with Gasteiger partial charge in [-0.15, -0.1) is 0 Å². The van der Waals surface area contributed by atoms with Gasteiger partial charge in [-0.05, 0) is 19.3 Å². The molecule has 0 atom stereocenters. The zero-order valence-electron chi connectivity index (χ0n) is 8.51. The van der Waals surface area contributed by atoms with E-state index in [9.17, 15) is 4.79 Å². The number of amides is 1. The molecule has 1 fully saturated rings. The number of nitrogens with zero attached hydrogens (tertiary/aromatic N) is 1. The summed E-state index contributed by atoms with van der Waals surface area (Å²) in [6.45, 7) is 3.79. The van der Waals surface area contributed by atoms with E-state index in [0.29, 0.717) is 0 Å². The van der Waals surface area contributed by atoms with Crippen molar-refractivity contribution in [3.05, 3.63) is 6.92 Å². The molecule has 0 aromatic heterocycles. The zero-order valence-corrected chi connectivity index (χ0v) is 8.51. The van der Waals surface area contributed by atoms with Gasteiger partial charge in [0, 0.05) is 6.42 Å². The second-order valence-corrected chi connectivity index (χ2v) is 4.21. The summed E-state index contributed by atoms with van der Waals surface area (Å²) in [4.78, 5) is 16.3. The standard InChI is InChI=1S/C11H16N2O/c1-2-3-6-9-12-10(14)11(13-9)7-4-5-8-11/h1-8H2/p+1. The van der Waals surface area contributed by atoms with Crippen LogP contribution in [0.4, 0.5) is 0 Å². The van der Waals surface area contributed by atoms with Gasteiger partial charge in [0.25, 0.3) is 5.91 Å². The fourth-order valence-electron chi connectivity index (χ4n) is 2.29. The molecular weight excluding hydrogens is 176 g/mol. The number of nitrogens with one attached hydrogen (secondary N) is 1. The Bertz CT molecular complexity index is 264. The molecule has 0 bridgehead atoms. The van der Waals surface area contributed by atoms with Gasteiger partial charge in [0.15, 0.2) is 0 Å². The van der Waals surface area contributed by atoms with Crippen molar-refractivity contribution in [2.24, 2.45) is 4.99 Å². The average molecular weight is 193 g/mol. The third-order valence-corrected chi connectivity index (χ3v) is 3.12. The molecule has 14 heavy (non-hydrogen) atoms. The number of unbranched alkanes of at least 4 members (excludes halogenated alkanes) is 1. The molecule has 76 valence electrons. The van der Waals surface area contributed by atoms with Crippen molar-refractivity contribution in [1.29, 1.82) is 0 Å². The minimum atomic E-state index is -0.365. The Kier molecular flexibility index (Phi) is 2.48. The highest BCUT2D eigenvalue weighted by atomic mass is 16.2. The van der Waals surface area contributed by atoms with Crippen LogP contribution in [-0.2, 0) is 4.79 Å². The number of rotatable bonds is 3. The maximum absolute atomic E-state index is 11.7. The summed E-state index contributed by atoms with van der Waals surface area (Å²) in [5.41, 5.74) is -0.365. The van der Waals surface area contributed by atoms with Gasteiger partial charge in [-0.2, -0.15) is 0 Å². The quantitative estimate of drug-likeness (QED) is 0.683. The highest BCUT2D eigenvalue weighted by Crippen LogP contribution is 2.36. The number of carbonyl (C=O) groups excluding carboxylic acids is 1. The molecule has 1 heterocycles. The molecule has 1 aliphatic heterocycles. The highest BCUT2D eigenvalue weighted by Gasteiger charge is 2.45. The number of amidine groups is 1. The highest BCUT2D eigenvalue weighted by molar-refractivity contribution is 6.08. The molecule has 1 N–H and O–H groups in total. The van der Waals surface area contributed by atoms with E-state index in [2.05, 4.69) is 17.2 Å². The number of hydrogen-bond acceptors (Lipinski definition) is 2. The molecule has 2 aliphatic rings. The number of carbonyl (C=O) groups is 1. The normalized spacial score (nSPS) is 24.0. The Labute approximate surface area is 85.0 Å². The summed E-state index contributed by atoms with van der Waals surface area (Å²) in [5, 5.41) is 2.90. The first-order valence-corrected chi connectivity index (χ1v) is 5.46. The van der Waals surface area contributed by atoms with Crippen LogP contribution < -0.4 is 5.32 Å². The van der Waals surface area contributed by atoms with Crippen molar-refractivity contribution in [2.45, 2.75) is 50.5 Å². The molecule has 1 amide bonds. The van der Waals surface area contributed by atoms with E-state index in [-0.39, 0.29) is 11.4 Å². The molecule has 0 aromatic carbocycles. The molecule has 0 unspecified atom stereocenters. The lowest BCUT2D eigenvalue weighted by Gasteiger charge is -2.14. The maximum atomic E-state index is 11.7. The molecule has 0 aromatic rings. The van der Waals surface area contributed by atoms with Crippen LogP contribution in [0.1, 0.15) is 44.9 Å². The van der Waals surface area contributed by atoms with Gasteiger partial charge >= 0.3 is 0 Å². The predicted octanol–water partition coefficient (Wildman–Crippen LogP) is 1.83. The first-order chi connectivity index (χ1) is 6.77. The third kappa shape index (κ3) is 1.51. The van der Waals surface area contributed by atoms with E-state index >= 15 is 0 Å². The summed E-state index contributed by atoms with van der Waals surface area (Å²) in [6, 6.07) is 0. The van der Waals surface area contributed by atoms with Crippen LogP contribution in [0.25, 0.3) is 0 Å². The summed E-state index contributed by atoms with van der Waals surface area (Å²) < 4.78 is 0. The summed E-state index contributed by atoms with van der Waals surface area (Å²) in [7, 11) is 0. The first kappa shape index (κ1) is 9.56. The summed E-state index contributed by atoms with van der Waals surface area (Å²) in [6.07, 6.45) is 6.94. The van der Waals surface area contributed by atoms with Crippen molar-refractivity contribution < 1.29 is 4.79 Å². The van der Waals surface area contributed by atoms with Gasteiger partial charge < -0.3 is 5.32 Å². The minimum Gasteiger partial charge on any atom is -0.312 e. The Morgan fingerprint density at radius 1 is 1.43 bits per heavy atom. The fourth-order valence-corrected chi connectivity index (χ4v) is 2.29. The molecule has 0 radical (unpaired) electrons. The number of aliphatic imine (C=N–C) groups is 1. The smallest absolute Gasteiger partial charge is 0.253 e. The van der Waals surface area contributed by atoms with Crippen molar-refractivity contribution >= 4 is 11.7 Å². The molecule has 3 nitrogen and oxygen atoms in total. The Balaban J connectivity index is 2.05. The molecule has 1 saturated carbocycles. The van der Waals surface area contributed by atoms with Crippen molar-refractivity contribution in [3.63, 3.8) is 0 Å². The molecule has 1 spiro atoms. The van der Waals surface area contributed by atoms with Crippen molar-refractivity contribution in [3.8, 4) is 0 Å². The van der Waals surface area contributed by atoms with E-state index in [1.807, 2.05) is 0 Å². The van der Waals surface area contributed by atoms with E-state index in [1.165, 1.54) is 0 Å². The van der Waals surface area contributed by atoms with Gasteiger partial charge in [0.2, 0.25) is 0 Å². The Morgan fingerprint density at radius 2 is 2.14 bits per heavy atom. The maximum Gasteiger partial charge on any atom is 0.253 e. The second kappa shape index (κ2) is 3.64. The average Bonchev–Trinajstić information content (AvgIpc) is 2.74. The van der Waals surface area contributed by atoms with Crippen LogP contribution in [0.2, 0.25) is 0 Å². The fraction of sp³-hybridized carbons (Fsp3) is 0.727. The lowest BCUT2D eigenvalue weighted by Crippen LogP contribution is -2.37. The van der Waals surface area contributed by atoms with Crippen molar-refractivity contribution in [1.82, 2.24) is 5.32 Å². The van der Waals surface area contributed by atoms with Crippen LogP contribution >= 0.6 is 0 Å². The minimum absolute atomic E-state index is 0.133. The number of hydrogen-bond donors (Lipinski definition) is 1. The zero-order chi connectivity index (χ0) is 10.0. The molecule has 1 aliphatic carbocycles. The largest absolute Gasteiger partial charge is 0.312 e. The molecular formula is C11H17N2O+. The van der Waals surface area contributed by atoms with Gasteiger partial charge in [-0.1, -0.05) is 12.8 Å². The van der Waals surface area contributed by atoms with Gasteiger partial charge in [0.1, 0.15) is 11.4 Å². The van der Waals surface area contributed by atoms with Crippen molar-refractivity contribution in [2.75, 3.05) is 0 Å². The van der Waals surface area contributed by atoms with E-state index in [0.717, 1.165) is 50.8 Å². The SMILES string of the molecule is [CH2+]CCCC1=NC2(CCCC2)C(=O)N1. The Morgan fingerprint density at radius 3 is 2.79 bits per heavy atom. The topological polar surface area (TPSA) is 41.5 Å². The van der Waals surface area contributed by atoms with Crippen LogP contribution in [-0.4, -0.2) is 17.3 Å². The summed E-state index contributed by atoms with van der Waals surface area (Å²) >= 11 is 0. The van der Waals surface area contributed by atoms with Gasteiger partial charge in [-0.3, -0.25) is 9.79 Å². The van der Waals surface area contributed by atoms with Gasteiger partial charge in [0.05, 0.1) is 13.3 Å². The van der Waals surface area contributed by atoms with E-state index in [1.54, 1.807) is 0 Å². The molecule has 2 rings (SSSR count). The monoisotopic (exact) mass is 193 g/mol. The third-order valence-electron chi connectivity index (χ3n) is 3.12. The molecule has 0 saturated heterocycles. The predicted molar refractivity (Wildman–Crippen MR) is 56.0 cm³/mol. The van der Waals surface area contributed by atoms with Crippen LogP contribution in [0.15, 0.2) is 4.99 Å². The lowest BCUT2D eigenvalue weighted by atomic mass is 9.99. The summed E-state index contributed by atoms with van der Waals surface area (Å²) in [5.74, 6) is 1.02. The first-order valence-electron chi connectivity index (χ1n) is 5.46. The van der Waals surface area contributed by atoms with E-state index < -0.39 is 0 Å². The van der Waals surface area contributed by atoms with Gasteiger partial charge in [-0.25, -0.2) is 0 Å². The second-order valence-electron chi connectivity index (χ2n) is 4.21. The van der Waals surface area contributed by atoms with Crippen LogP contribution in [0.3, 0.4) is 0 Å². The molecule has 3 heteroatoms. The van der Waals surface area contributed by atoms with Crippen LogP contribution in [0, 0.1) is 6.92 Å². The van der Waals surface area contributed by atoms with E-state index in [4.69, 9.17) is 0 Å². The Hall–Kier alpha value is -0.990. The van der Waals surface area contributed by atoms with Crippen LogP contribution in [0.5, 0.6) is 0 Å².